The average molecular weight is 362 g/mol. The number of imidazole rings is 1. The fraction of sp³-hybridized carbons (Fsp3) is 0.125. The zero-order valence-electron chi connectivity index (χ0n) is 11.8. The Morgan fingerprint density at radius 1 is 1.32 bits per heavy atom. The third-order valence-electron chi connectivity index (χ3n) is 3.34. The summed E-state index contributed by atoms with van der Waals surface area (Å²) in [5, 5.41) is 2.77. The van der Waals surface area contributed by atoms with Crippen LogP contribution in [0.15, 0.2) is 47.2 Å². The number of hydrogen-bond acceptors (Lipinski definition) is 2. The van der Waals surface area contributed by atoms with Gasteiger partial charge in [-0.25, -0.2) is 9.37 Å². The first-order chi connectivity index (χ1) is 10.5. The van der Waals surface area contributed by atoms with Crippen molar-refractivity contribution < 1.29 is 9.18 Å². The van der Waals surface area contributed by atoms with Gasteiger partial charge in [0.15, 0.2) is 0 Å². The van der Waals surface area contributed by atoms with Crippen molar-refractivity contribution in [3.8, 4) is 0 Å². The van der Waals surface area contributed by atoms with Gasteiger partial charge in [0.2, 0.25) is 0 Å². The molecule has 0 aliphatic carbocycles. The number of hydrogen-bond donors (Lipinski definition) is 1. The Kier molecular flexibility index (Phi) is 3.94. The number of nitrogens with zero attached hydrogens (tertiary/aromatic N) is 2. The van der Waals surface area contributed by atoms with Crippen LogP contribution < -0.4 is 5.32 Å². The van der Waals surface area contributed by atoms with Crippen LogP contribution in [0.3, 0.4) is 0 Å². The van der Waals surface area contributed by atoms with Gasteiger partial charge in [-0.3, -0.25) is 4.79 Å². The van der Waals surface area contributed by atoms with E-state index in [-0.39, 0.29) is 12.5 Å². The highest BCUT2D eigenvalue weighted by molar-refractivity contribution is 9.10. The lowest BCUT2D eigenvalue weighted by Crippen LogP contribution is -2.23. The van der Waals surface area contributed by atoms with Crippen LogP contribution >= 0.6 is 15.9 Å². The molecule has 0 aliphatic rings. The van der Waals surface area contributed by atoms with Gasteiger partial charge in [-0.2, -0.15) is 0 Å². The van der Waals surface area contributed by atoms with Gasteiger partial charge >= 0.3 is 0 Å². The number of aromatic nitrogens is 2. The molecule has 3 rings (SSSR count). The molecule has 4 nitrogen and oxygen atoms in total. The molecule has 0 atom stereocenters. The molecular formula is C16H13BrFN3O. The van der Waals surface area contributed by atoms with Gasteiger partial charge in [0, 0.05) is 22.4 Å². The van der Waals surface area contributed by atoms with Crippen molar-refractivity contribution in [2.45, 2.75) is 13.5 Å². The number of amides is 1. The fourth-order valence-corrected chi connectivity index (χ4v) is 2.56. The summed E-state index contributed by atoms with van der Waals surface area (Å²) in [6, 6.07) is 7.96. The van der Waals surface area contributed by atoms with Crippen LogP contribution in [0.2, 0.25) is 0 Å². The maximum atomic E-state index is 13.2. The number of benzene rings is 1. The lowest BCUT2D eigenvalue weighted by atomic mass is 10.1. The van der Waals surface area contributed by atoms with E-state index in [1.807, 2.05) is 28.9 Å². The molecule has 2 heterocycles. The highest BCUT2D eigenvalue weighted by atomic mass is 79.9. The highest BCUT2D eigenvalue weighted by Gasteiger charge is 2.11. The number of nitrogens with one attached hydrogen (secondary N) is 1. The van der Waals surface area contributed by atoms with Crippen LogP contribution in [0.5, 0.6) is 0 Å². The molecule has 0 bridgehead atoms. The summed E-state index contributed by atoms with van der Waals surface area (Å²) in [6.45, 7) is 2.06. The molecule has 2 aromatic heterocycles. The second-order valence-electron chi connectivity index (χ2n) is 4.99. The summed E-state index contributed by atoms with van der Waals surface area (Å²) in [5.74, 6) is -0.733. The Morgan fingerprint density at radius 3 is 2.95 bits per heavy atom. The summed E-state index contributed by atoms with van der Waals surface area (Å²) < 4.78 is 16.1. The van der Waals surface area contributed by atoms with Crippen LogP contribution in [-0.2, 0) is 6.54 Å². The number of pyridine rings is 1. The molecule has 0 unspecified atom stereocenters. The molecule has 6 heteroatoms. The molecule has 1 N–H and O–H groups in total. The van der Waals surface area contributed by atoms with E-state index in [0.29, 0.717) is 5.56 Å². The molecular weight excluding hydrogens is 349 g/mol. The molecule has 112 valence electrons. The molecule has 3 aromatic rings. The SMILES string of the molecule is Cc1ccc(F)cc1C(=O)NCc1cn2cc(Br)ccc2n1. The van der Waals surface area contributed by atoms with Crippen LogP contribution in [-0.4, -0.2) is 15.3 Å². The van der Waals surface area contributed by atoms with Crippen molar-refractivity contribution in [3.63, 3.8) is 0 Å². The number of carbonyl (C=O) groups is 1. The third kappa shape index (κ3) is 3.01. The van der Waals surface area contributed by atoms with Crippen molar-refractivity contribution in [2.75, 3.05) is 0 Å². The smallest absolute Gasteiger partial charge is 0.251 e. The van der Waals surface area contributed by atoms with Gasteiger partial charge in [0.1, 0.15) is 11.5 Å². The largest absolute Gasteiger partial charge is 0.346 e. The number of halogens is 2. The summed E-state index contributed by atoms with van der Waals surface area (Å²) in [4.78, 5) is 16.6. The lowest BCUT2D eigenvalue weighted by Gasteiger charge is -2.06. The van der Waals surface area contributed by atoms with E-state index in [2.05, 4.69) is 26.2 Å². The first-order valence-electron chi connectivity index (χ1n) is 6.70. The Morgan fingerprint density at radius 2 is 2.14 bits per heavy atom. The molecule has 0 saturated heterocycles. The van der Waals surface area contributed by atoms with E-state index >= 15 is 0 Å². The van der Waals surface area contributed by atoms with E-state index in [1.54, 1.807) is 13.0 Å². The second kappa shape index (κ2) is 5.88. The molecule has 0 fully saturated rings. The van der Waals surface area contributed by atoms with E-state index in [0.717, 1.165) is 21.4 Å². The zero-order valence-corrected chi connectivity index (χ0v) is 13.4. The van der Waals surface area contributed by atoms with Crippen molar-refractivity contribution >= 4 is 27.5 Å². The first-order valence-corrected chi connectivity index (χ1v) is 7.50. The molecule has 0 saturated carbocycles. The summed E-state index contributed by atoms with van der Waals surface area (Å²) in [6.07, 6.45) is 3.74. The molecule has 1 amide bonds. The lowest BCUT2D eigenvalue weighted by molar-refractivity contribution is 0.0949. The number of carbonyl (C=O) groups excluding carboxylic acids is 1. The standard InChI is InChI=1S/C16H13BrFN3O/c1-10-2-4-12(18)6-14(10)16(22)19-7-13-9-21-8-11(17)3-5-15(21)20-13/h2-6,8-9H,7H2,1H3,(H,19,22). The topological polar surface area (TPSA) is 46.4 Å². The summed E-state index contributed by atoms with van der Waals surface area (Å²) in [7, 11) is 0. The number of aryl methyl sites for hydroxylation is 1. The predicted molar refractivity (Wildman–Crippen MR) is 85.2 cm³/mol. The van der Waals surface area contributed by atoms with Gasteiger partial charge in [-0.1, -0.05) is 6.07 Å². The minimum absolute atomic E-state index is 0.286. The van der Waals surface area contributed by atoms with Gasteiger partial charge in [0.25, 0.3) is 5.91 Å². The van der Waals surface area contributed by atoms with Crippen molar-refractivity contribution in [1.82, 2.24) is 14.7 Å². The van der Waals surface area contributed by atoms with Crippen LogP contribution in [0.25, 0.3) is 5.65 Å². The Labute approximate surface area is 135 Å². The first kappa shape index (κ1) is 14.7. The Hall–Kier alpha value is -2.21. The van der Waals surface area contributed by atoms with E-state index < -0.39 is 5.82 Å². The maximum Gasteiger partial charge on any atom is 0.251 e. The van der Waals surface area contributed by atoms with Crippen molar-refractivity contribution in [1.29, 1.82) is 0 Å². The van der Waals surface area contributed by atoms with Gasteiger partial charge in [-0.15, -0.1) is 0 Å². The maximum absolute atomic E-state index is 13.2. The predicted octanol–water partition coefficient (Wildman–Crippen LogP) is 3.47. The van der Waals surface area contributed by atoms with Crippen LogP contribution in [0, 0.1) is 12.7 Å². The normalized spacial score (nSPS) is 10.9. The van der Waals surface area contributed by atoms with Gasteiger partial charge in [0.05, 0.1) is 12.2 Å². The minimum Gasteiger partial charge on any atom is -0.346 e. The van der Waals surface area contributed by atoms with E-state index in [1.165, 1.54) is 12.1 Å². The highest BCUT2D eigenvalue weighted by Crippen LogP contribution is 2.13. The Balaban J connectivity index is 1.75. The monoisotopic (exact) mass is 361 g/mol. The average Bonchev–Trinajstić information content (AvgIpc) is 2.89. The molecule has 0 radical (unpaired) electrons. The van der Waals surface area contributed by atoms with Gasteiger partial charge < -0.3 is 9.72 Å². The summed E-state index contributed by atoms with van der Waals surface area (Å²) in [5.41, 5.74) is 2.61. The fourth-order valence-electron chi connectivity index (χ4n) is 2.21. The molecule has 0 aliphatic heterocycles. The van der Waals surface area contributed by atoms with Crippen molar-refractivity contribution in [2.24, 2.45) is 0 Å². The number of fused-ring (bicyclic) bond motifs is 1. The van der Waals surface area contributed by atoms with Crippen LogP contribution in [0.4, 0.5) is 4.39 Å². The van der Waals surface area contributed by atoms with E-state index in [4.69, 9.17) is 0 Å². The quantitative estimate of drug-likeness (QED) is 0.776. The summed E-state index contributed by atoms with van der Waals surface area (Å²) >= 11 is 3.40. The van der Waals surface area contributed by atoms with Crippen molar-refractivity contribution in [3.05, 3.63) is 69.8 Å². The van der Waals surface area contributed by atoms with Crippen LogP contribution in [0.1, 0.15) is 21.6 Å². The van der Waals surface area contributed by atoms with E-state index in [9.17, 15) is 9.18 Å². The van der Waals surface area contributed by atoms with Gasteiger partial charge in [-0.05, 0) is 52.7 Å². The second-order valence-corrected chi connectivity index (χ2v) is 5.90. The molecule has 22 heavy (non-hydrogen) atoms. The molecule has 0 spiro atoms. The minimum atomic E-state index is -0.423. The zero-order chi connectivity index (χ0) is 15.7. The molecule has 1 aromatic carbocycles. The number of rotatable bonds is 3. The Bertz CT molecular complexity index is 860. The third-order valence-corrected chi connectivity index (χ3v) is 3.81.